The zero-order chi connectivity index (χ0) is 23.5. The van der Waals surface area contributed by atoms with Crippen molar-refractivity contribution in [2.45, 2.75) is 45.3 Å². The van der Waals surface area contributed by atoms with Crippen LogP contribution in [0.5, 0.6) is 0 Å². The minimum atomic E-state index is -0.300. The minimum Gasteiger partial charge on any atom is -0.368 e. The van der Waals surface area contributed by atoms with Gasteiger partial charge in [-0.05, 0) is 30.0 Å². The van der Waals surface area contributed by atoms with E-state index in [-0.39, 0.29) is 18.1 Å². The Morgan fingerprint density at radius 1 is 1.12 bits per heavy atom. The number of anilines is 2. The van der Waals surface area contributed by atoms with Gasteiger partial charge in [-0.2, -0.15) is 5.10 Å². The van der Waals surface area contributed by atoms with Crippen molar-refractivity contribution in [2.24, 2.45) is 5.10 Å². The number of benzene rings is 1. The predicted molar refractivity (Wildman–Crippen MR) is 136 cm³/mol. The summed E-state index contributed by atoms with van der Waals surface area (Å²) in [6.07, 6.45) is 3.83. The van der Waals surface area contributed by atoms with Gasteiger partial charge in [0.25, 0.3) is 5.91 Å². The molecule has 0 radical (unpaired) electrons. The standard InChI is InChI=1S/C25H32N6O2S/c1-2-3-7-13-30-24(33)23-20(12-18-34-23)31-21(26-27-25(30)31)10-11-22(32)29-16-14-28(15-17-29)19-8-5-4-6-9-19/h4-6,8-9,12,18,25,27H,2-3,7,10-11,13-17H2,1H3. The van der Waals surface area contributed by atoms with Gasteiger partial charge in [0.2, 0.25) is 12.2 Å². The second-order valence-corrected chi connectivity index (χ2v) is 9.86. The summed E-state index contributed by atoms with van der Waals surface area (Å²) in [7, 11) is 0. The topological polar surface area (TPSA) is 71.5 Å². The van der Waals surface area contributed by atoms with Crippen LogP contribution in [-0.4, -0.2) is 66.5 Å². The summed E-state index contributed by atoms with van der Waals surface area (Å²) in [5.74, 6) is 1.06. The number of hydrazone groups is 1. The molecule has 0 aliphatic carbocycles. The largest absolute Gasteiger partial charge is 0.368 e. The quantitative estimate of drug-likeness (QED) is 0.586. The lowest BCUT2D eigenvalue weighted by molar-refractivity contribution is -0.131. The molecule has 1 unspecified atom stereocenters. The van der Waals surface area contributed by atoms with E-state index < -0.39 is 0 Å². The lowest BCUT2D eigenvalue weighted by Gasteiger charge is -2.40. The Balaban J connectivity index is 1.19. The number of para-hydroxylation sites is 1. The summed E-state index contributed by atoms with van der Waals surface area (Å²) in [6.45, 7) is 6.03. The van der Waals surface area contributed by atoms with Crippen LogP contribution in [0.15, 0.2) is 46.9 Å². The van der Waals surface area contributed by atoms with Crippen molar-refractivity contribution >= 4 is 40.4 Å². The van der Waals surface area contributed by atoms with Gasteiger partial charge in [-0.25, -0.2) is 0 Å². The van der Waals surface area contributed by atoms with Gasteiger partial charge in [0.05, 0.1) is 5.69 Å². The number of thiophene rings is 1. The van der Waals surface area contributed by atoms with Gasteiger partial charge < -0.3 is 9.80 Å². The summed E-state index contributed by atoms with van der Waals surface area (Å²) < 4.78 is 0. The number of amidine groups is 1. The molecular formula is C25H32N6O2S. The van der Waals surface area contributed by atoms with Crippen LogP contribution in [-0.2, 0) is 4.79 Å². The number of amides is 2. The van der Waals surface area contributed by atoms with Crippen molar-refractivity contribution in [1.82, 2.24) is 15.2 Å². The number of nitrogens with zero attached hydrogens (tertiary/aromatic N) is 5. The highest BCUT2D eigenvalue weighted by Gasteiger charge is 2.43. The minimum absolute atomic E-state index is 0.0682. The maximum Gasteiger partial charge on any atom is 0.269 e. The zero-order valence-electron chi connectivity index (χ0n) is 19.7. The third-order valence-corrected chi connectivity index (χ3v) is 7.70. The van der Waals surface area contributed by atoms with E-state index in [0.29, 0.717) is 19.4 Å². The summed E-state index contributed by atoms with van der Waals surface area (Å²) in [6, 6.07) is 12.3. The monoisotopic (exact) mass is 480 g/mol. The number of carbonyl (C=O) groups excluding carboxylic acids is 2. The molecule has 0 spiro atoms. The van der Waals surface area contributed by atoms with E-state index in [1.165, 1.54) is 17.0 Å². The van der Waals surface area contributed by atoms with Gasteiger partial charge >= 0.3 is 0 Å². The molecule has 2 amide bonds. The fourth-order valence-electron chi connectivity index (χ4n) is 4.92. The van der Waals surface area contributed by atoms with Gasteiger partial charge in [-0.1, -0.05) is 38.0 Å². The molecule has 9 heteroatoms. The number of carbonyl (C=O) groups is 2. The first kappa shape index (κ1) is 22.7. The molecule has 1 atom stereocenters. The predicted octanol–water partition coefficient (Wildman–Crippen LogP) is 3.53. The van der Waals surface area contributed by atoms with E-state index in [1.807, 2.05) is 27.3 Å². The van der Waals surface area contributed by atoms with Gasteiger partial charge in [0, 0.05) is 51.3 Å². The third kappa shape index (κ3) is 4.36. The summed E-state index contributed by atoms with van der Waals surface area (Å²) >= 11 is 1.48. The Morgan fingerprint density at radius 2 is 1.91 bits per heavy atom. The number of rotatable bonds is 8. The van der Waals surface area contributed by atoms with Crippen LogP contribution >= 0.6 is 11.3 Å². The van der Waals surface area contributed by atoms with E-state index in [1.54, 1.807) is 0 Å². The van der Waals surface area contributed by atoms with E-state index in [9.17, 15) is 9.59 Å². The van der Waals surface area contributed by atoms with Crippen molar-refractivity contribution in [3.63, 3.8) is 0 Å². The Kier molecular flexibility index (Phi) is 6.71. The third-order valence-electron chi connectivity index (χ3n) is 6.80. The average Bonchev–Trinajstić information content (AvgIpc) is 3.53. The molecule has 4 heterocycles. The van der Waals surface area contributed by atoms with Crippen molar-refractivity contribution in [3.8, 4) is 0 Å². The first-order valence-electron chi connectivity index (χ1n) is 12.2. The maximum absolute atomic E-state index is 13.1. The number of piperazine rings is 1. The van der Waals surface area contributed by atoms with Crippen LogP contribution in [0, 0.1) is 0 Å². The molecule has 1 saturated heterocycles. The second-order valence-electron chi connectivity index (χ2n) is 8.94. The van der Waals surface area contributed by atoms with E-state index in [4.69, 9.17) is 0 Å². The molecule has 0 bridgehead atoms. The Bertz CT molecular complexity index is 1050. The van der Waals surface area contributed by atoms with Gasteiger partial charge in [-0.3, -0.25) is 24.8 Å². The summed E-state index contributed by atoms with van der Waals surface area (Å²) in [4.78, 5) is 35.1. The van der Waals surface area contributed by atoms with Gasteiger partial charge in [0.1, 0.15) is 10.7 Å². The lowest BCUT2D eigenvalue weighted by Crippen LogP contribution is -2.58. The van der Waals surface area contributed by atoms with Crippen LogP contribution in [0.25, 0.3) is 0 Å². The number of hydrogen-bond donors (Lipinski definition) is 1. The highest BCUT2D eigenvalue weighted by atomic mass is 32.1. The molecule has 1 aromatic carbocycles. The highest BCUT2D eigenvalue weighted by Crippen LogP contribution is 2.37. The zero-order valence-corrected chi connectivity index (χ0v) is 20.5. The van der Waals surface area contributed by atoms with Crippen LogP contribution in [0.2, 0.25) is 0 Å². The molecule has 1 aromatic heterocycles. The Hall–Kier alpha value is -3.07. The average molecular weight is 481 g/mol. The normalized spacial score (nSPS) is 19.6. The van der Waals surface area contributed by atoms with Crippen LogP contribution in [0.1, 0.15) is 48.7 Å². The van der Waals surface area contributed by atoms with E-state index in [0.717, 1.165) is 61.8 Å². The molecule has 34 heavy (non-hydrogen) atoms. The number of hydrogen-bond acceptors (Lipinski definition) is 7. The van der Waals surface area contributed by atoms with Gasteiger partial charge in [0.15, 0.2) is 0 Å². The van der Waals surface area contributed by atoms with Crippen LogP contribution in [0.4, 0.5) is 11.4 Å². The molecule has 8 nitrogen and oxygen atoms in total. The fraction of sp³-hybridized carbons (Fsp3) is 0.480. The molecule has 3 aliphatic rings. The number of fused-ring (bicyclic) bond motifs is 3. The molecule has 1 fully saturated rings. The second kappa shape index (κ2) is 10.0. The number of unbranched alkanes of at least 4 members (excludes halogenated alkanes) is 2. The van der Waals surface area contributed by atoms with E-state index in [2.05, 4.69) is 51.5 Å². The molecule has 180 valence electrons. The first-order valence-corrected chi connectivity index (χ1v) is 13.1. The molecule has 0 saturated carbocycles. The van der Waals surface area contributed by atoms with Crippen molar-refractivity contribution in [1.29, 1.82) is 0 Å². The van der Waals surface area contributed by atoms with E-state index >= 15 is 0 Å². The first-order chi connectivity index (χ1) is 16.7. The van der Waals surface area contributed by atoms with Crippen molar-refractivity contribution in [2.75, 3.05) is 42.5 Å². The number of nitrogens with one attached hydrogen (secondary N) is 1. The maximum atomic E-state index is 13.1. The molecule has 1 N–H and O–H groups in total. The molecule has 5 rings (SSSR count). The Labute approximate surface area is 204 Å². The summed E-state index contributed by atoms with van der Waals surface area (Å²) in [5, 5.41) is 6.53. The Morgan fingerprint density at radius 3 is 2.68 bits per heavy atom. The lowest BCUT2D eigenvalue weighted by atomic mass is 10.1. The van der Waals surface area contributed by atoms with Crippen molar-refractivity contribution < 1.29 is 9.59 Å². The highest BCUT2D eigenvalue weighted by molar-refractivity contribution is 7.12. The molecule has 3 aliphatic heterocycles. The van der Waals surface area contributed by atoms with Crippen LogP contribution < -0.4 is 15.2 Å². The SMILES string of the molecule is CCCCCN1C(=O)c2sccc2N2C(CCC(=O)N3CCN(c4ccccc4)CC3)=NNC12. The van der Waals surface area contributed by atoms with Crippen LogP contribution in [0.3, 0.4) is 0 Å². The van der Waals surface area contributed by atoms with Gasteiger partial charge in [-0.15, -0.1) is 11.3 Å². The molecular weight excluding hydrogens is 448 g/mol. The van der Waals surface area contributed by atoms with Crippen molar-refractivity contribution in [3.05, 3.63) is 46.7 Å². The fourth-order valence-corrected chi connectivity index (χ4v) is 5.76. The summed E-state index contributed by atoms with van der Waals surface area (Å²) in [5.41, 5.74) is 5.28. The smallest absolute Gasteiger partial charge is 0.269 e. The molecule has 2 aromatic rings.